The summed E-state index contributed by atoms with van der Waals surface area (Å²) in [7, 11) is 0. The van der Waals surface area contributed by atoms with Crippen LogP contribution in [0.2, 0.25) is 0 Å². The number of nitrogens with two attached hydrogens (primary N) is 1. The number of aliphatic carboxylic acids is 1. The number of H-pyrrole nitrogens is 1. The molecule has 6 atom stereocenters. The van der Waals surface area contributed by atoms with Crippen molar-refractivity contribution in [1.82, 2.24) is 30.6 Å². The molecule has 250 valence electrons. The second kappa shape index (κ2) is 16.0. The van der Waals surface area contributed by atoms with Gasteiger partial charge in [0, 0.05) is 54.8 Å². The number of anilines is 1. The molecule has 48 heavy (non-hydrogen) atoms. The van der Waals surface area contributed by atoms with Crippen LogP contribution in [0.5, 0.6) is 0 Å². The van der Waals surface area contributed by atoms with Gasteiger partial charge in [0.1, 0.15) is 23.9 Å². The molecule has 0 bridgehead atoms. The number of aliphatic hydroxyl groups excluding tert-OH is 3. The fourth-order valence-corrected chi connectivity index (χ4v) is 5.51. The summed E-state index contributed by atoms with van der Waals surface area (Å²) in [6.45, 7) is 0.682. The number of nitrogens with zero attached hydrogens (tertiary/aromatic N) is 3. The summed E-state index contributed by atoms with van der Waals surface area (Å²) in [5, 5.41) is 59.2. The van der Waals surface area contributed by atoms with Crippen LogP contribution in [-0.4, -0.2) is 95.9 Å². The van der Waals surface area contributed by atoms with Crippen molar-refractivity contribution >= 4 is 34.4 Å². The third-order valence-corrected chi connectivity index (χ3v) is 7.93. The van der Waals surface area contributed by atoms with Crippen LogP contribution in [0.1, 0.15) is 35.0 Å². The molecule has 16 nitrogen and oxygen atoms in total. The van der Waals surface area contributed by atoms with E-state index in [2.05, 4.69) is 25.9 Å². The number of aromatic nitrogens is 4. The van der Waals surface area contributed by atoms with Crippen LogP contribution >= 0.6 is 0 Å². The molecule has 1 fully saturated rings. The van der Waals surface area contributed by atoms with Gasteiger partial charge in [0.25, 0.3) is 5.91 Å². The van der Waals surface area contributed by atoms with E-state index in [0.717, 1.165) is 23.4 Å². The number of aryl methyl sites for hydroxylation is 2. The third kappa shape index (κ3) is 8.58. The first-order chi connectivity index (χ1) is 22.5. The average molecular weight is 674 g/mol. The fraction of sp³-hybridized carbons (Fsp3) is 0.387. The zero-order chi connectivity index (χ0) is 33.7. The molecule has 2 amide bonds. The summed E-state index contributed by atoms with van der Waals surface area (Å²) in [6, 6.07) is 12.3. The van der Waals surface area contributed by atoms with Crippen molar-refractivity contribution in [3.63, 3.8) is 0 Å². The Morgan fingerprint density at radius 2 is 1.98 bits per heavy atom. The first kappa shape index (κ1) is 37.0. The van der Waals surface area contributed by atoms with E-state index in [1.807, 2.05) is 18.3 Å². The van der Waals surface area contributed by atoms with E-state index in [9.17, 15) is 34.8 Å². The van der Waals surface area contributed by atoms with Gasteiger partial charge in [0.2, 0.25) is 11.7 Å². The Labute approximate surface area is 296 Å². The number of nitrogens with one attached hydrogen (secondary N) is 3. The monoisotopic (exact) mass is 673 g/mol. The molecule has 3 heterocycles. The molecule has 1 aliphatic rings. The molecule has 0 aliphatic carbocycles. The zero-order valence-corrected chi connectivity index (χ0v) is 28.4. The molecule has 17 heteroatoms. The summed E-state index contributed by atoms with van der Waals surface area (Å²) < 4.78 is 12.9. The Bertz CT molecular complexity index is 1720. The predicted octanol–water partition coefficient (Wildman–Crippen LogP) is -4.64. The Hall–Kier alpha value is -3.87. The SMILES string of the molecule is CC(=O)N[C@H]1C([C@H](O)[C@H](O)CNC(=O)c2ccccc2)O[C@@](OCc2cn(CCc3c[nH]c4ccc(N)cc34)nn2)(C(=O)[O-])C[C@@H]1O.[Na+]. The molecule has 5 rings (SSSR count). The van der Waals surface area contributed by atoms with E-state index >= 15 is 0 Å². The van der Waals surface area contributed by atoms with E-state index in [1.54, 1.807) is 47.3 Å². The van der Waals surface area contributed by atoms with Crippen molar-refractivity contribution in [2.24, 2.45) is 0 Å². The van der Waals surface area contributed by atoms with Crippen LogP contribution in [0.25, 0.3) is 10.9 Å². The zero-order valence-electron chi connectivity index (χ0n) is 26.4. The molecule has 1 saturated heterocycles. The van der Waals surface area contributed by atoms with Gasteiger partial charge in [-0.15, -0.1) is 5.10 Å². The number of hydrogen-bond acceptors (Lipinski definition) is 12. The van der Waals surface area contributed by atoms with Gasteiger partial charge in [-0.2, -0.15) is 0 Å². The topological polar surface area (TPSA) is 250 Å². The minimum Gasteiger partial charge on any atom is -0.544 e. The molecule has 0 radical (unpaired) electrons. The number of hydrogen-bond donors (Lipinski definition) is 7. The second-order valence-corrected chi connectivity index (χ2v) is 11.4. The number of aromatic amines is 1. The van der Waals surface area contributed by atoms with E-state index in [4.69, 9.17) is 15.2 Å². The molecule has 2 aromatic carbocycles. The number of benzene rings is 2. The number of rotatable bonds is 13. The largest absolute Gasteiger partial charge is 1.00 e. The second-order valence-electron chi connectivity index (χ2n) is 11.4. The van der Waals surface area contributed by atoms with E-state index < -0.39 is 73.6 Å². The summed E-state index contributed by atoms with van der Waals surface area (Å²) in [5.41, 5.74) is 9.06. The fourth-order valence-electron chi connectivity index (χ4n) is 5.51. The molecule has 1 aliphatic heterocycles. The van der Waals surface area contributed by atoms with Crippen LogP contribution in [0.15, 0.2) is 60.9 Å². The molecular formula is C31H36N7NaO9. The Morgan fingerprint density at radius 3 is 2.69 bits per heavy atom. The predicted molar refractivity (Wildman–Crippen MR) is 163 cm³/mol. The Morgan fingerprint density at radius 1 is 1.23 bits per heavy atom. The molecule has 4 aromatic rings. The minimum atomic E-state index is -2.61. The molecule has 0 saturated carbocycles. The summed E-state index contributed by atoms with van der Waals surface area (Å²) in [6.07, 6.45) is -3.60. The van der Waals surface area contributed by atoms with Gasteiger partial charge in [-0.05, 0) is 42.3 Å². The Kier molecular flexibility index (Phi) is 12.3. The van der Waals surface area contributed by atoms with Gasteiger partial charge in [-0.1, -0.05) is 23.4 Å². The van der Waals surface area contributed by atoms with Crippen LogP contribution in [0, 0.1) is 0 Å². The number of nitrogen functional groups attached to an aromatic ring is 1. The number of carbonyl (C=O) groups is 3. The van der Waals surface area contributed by atoms with Crippen LogP contribution in [0.3, 0.4) is 0 Å². The molecule has 0 spiro atoms. The summed E-state index contributed by atoms with van der Waals surface area (Å²) >= 11 is 0. The van der Waals surface area contributed by atoms with Crippen molar-refractivity contribution in [3.8, 4) is 0 Å². The maximum atomic E-state index is 12.4. The number of carboxylic acids is 1. The van der Waals surface area contributed by atoms with E-state index in [1.165, 1.54) is 0 Å². The smallest absolute Gasteiger partial charge is 0.544 e. The van der Waals surface area contributed by atoms with Gasteiger partial charge in [-0.25, -0.2) is 0 Å². The molecule has 1 unspecified atom stereocenters. The van der Waals surface area contributed by atoms with Crippen molar-refractivity contribution in [2.75, 3.05) is 12.3 Å². The van der Waals surface area contributed by atoms with Gasteiger partial charge < -0.3 is 56.0 Å². The third-order valence-electron chi connectivity index (χ3n) is 7.93. The minimum absolute atomic E-state index is 0. The number of aliphatic hydroxyl groups is 3. The number of fused-ring (bicyclic) bond motifs is 1. The van der Waals surface area contributed by atoms with Crippen molar-refractivity contribution < 1.29 is 73.8 Å². The summed E-state index contributed by atoms with van der Waals surface area (Å²) in [5.74, 6) is -5.63. The van der Waals surface area contributed by atoms with Gasteiger partial charge in [-0.3, -0.25) is 14.3 Å². The molecular weight excluding hydrogens is 637 g/mol. The standard InChI is InChI=1S/C31H37N7O9.Na/c1-17(39)35-26-24(40)12-31(30(44)45,47-28(26)27(42)25(41)14-34-29(43)18-5-3-2-4-6-18)46-16-21-15-38(37-36-21)10-9-19-13-33-23-8-7-20(32)11-22(19)23;/h2-8,11,13,15,24-28,33,40-42H,9-10,12,14,16,32H2,1H3,(H,34,43)(H,35,39)(H,44,45);/q;+1/p-1/t24-,25+,26+,27+,28?,31+;/m0./s1. The quantitative estimate of drug-likeness (QED) is 0.0523. The van der Waals surface area contributed by atoms with Crippen LogP contribution in [0.4, 0.5) is 5.69 Å². The number of carboxylic acid groups (broad SMARTS) is 1. The van der Waals surface area contributed by atoms with E-state index in [-0.39, 0.29) is 35.3 Å². The first-order valence-electron chi connectivity index (χ1n) is 14.9. The van der Waals surface area contributed by atoms with Gasteiger partial charge in [0.15, 0.2) is 0 Å². The van der Waals surface area contributed by atoms with Gasteiger partial charge >= 0.3 is 29.6 Å². The first-order valence-corrected chi connectivity index (χ1v) is 14.9. The Balaban J connectivity index is 0.00000520. The maximum absolute atomic E-state index is 12.4. The number of amides is 2. The summed E-state index contributed by atoms with van der Waals surface area (Å²) in [4.78, 5) is 40.0. The van der Waals surface area contributed by atoms with Crippen LogP contribution in [-0.2, 0) is 38.6 Å². The number of ether oxygens (including phenoxy) is 2. The van der Waals surface area contributed by atoms with Gasteiger partial charge in [0.05, 0.1) is 31.1 Å². The van der Waals surface area contributed by atoms with Crippen molar-refractivity contribution in [2.45, 2.75) is 69.2 Å². The normalized spacial score (nSPS) is 22.0. The van der Waals surface area contributed by atoms with Crippen LogP contribution < -0.4 is 51.0 Å². The average Bonchev–Trinajstić information content (AvgIpc) is 3.68. The van der Waals surface area contributed by atoms with Crippen molar-refractivity contribution in [1.29, 1.82) is 0 Å². The van der Waals surface area contributed by atoms with Crippen molar-refractivity contribution in [3.05, 3.63) is 77.7 Å². The van der Waals surface area contributed by atoms with E-state index in [0.29, 0.717) is 24.2 Å². The molecule has 2 aromatic heterocycles. The number of carbonyl (C=O) groups excluding carboxylic acids is 3. The molecule has 8 N–H and O–H groups in total. The maximum Gasteiger partial charge on any atom is 1.00 e.